The van der Waals surface area contributed by atoms with Crippen molar-refractivity contribution in [2.75, 3.05) is 13.1 Å². The van der Waals surface area contributed by atoms with Crippen LogP contribution in [0.5, 0.6) is 5.75 Å². The van der Waals surface area contributed by atoms with Crippen molar-refractivity contribution >= 4 is 57.3 Å². The normalized spacial score (nSPS) is 18.6. The second-order valence-electron chi connectivity index (χ2n) is 9.10. The summed E-state index contributed by atoms with van der Waals surface area (Å²) in [5.74, 6) is -0.0743. The SMILES string of the molecule is Cc1ccc(COc2ccc(C=C3C(=N)N4N=C(CC(=O)N5CCCCC5)SC4=NC3=O)cc2Cl)cc1. The number of nitrogens with zero attached hydrogens (tertiary/aromatic N) is 4. The lowest BCUT2D eigenvalue weighted by Crippen LogP contribution is -2.36. The zero-order valence-electron chi connectivity index (χ0n) is 20.4. The second kappa shape index (κ2) is 10.9. The van der Waals surface area contributed by atoms with Crippen molar-refractivity contribution in [2.45, 2.75) is 39.2 Å². The summed E-state index contributed by atoms with van der Waals surface area (Å²) in [7, 11) is 0. The molecule has 0 aromatic heterocycles. The van der Waals surface area contributed by atoms with Crippen LogP contribution in [0.25, 0.3) is 6.08 Å². The third-order valence-electron chi connectivity index (χ3n) is 6.29. The lowest BCUT2D eigenvalue weighted by atomic mass is 10.1. The quantitative estimate of drug-likeness (QED) is 0.509. The number of amides is 2. The van der Waals surface area contributed by atoms with Crippen LogP contribution in [0.3, 0.4) is 0 Å². The number of likely N-dealkylation sites (tertiary alicyclic amines) is 1. The van der Waals surface area contributed by atoms with Gasteiger partial charge in [0.1, 0.15) is 17.4 Å². The number of benzene rings is 2. The van der Waals surface area contributed by atoms with E-state index in [-0.39, 0.29) is 23.7 Å². The summed E-state index contributed by atoms with van der Waals surface area (Å²) in [6, 6.07) is 13.3. The van der Waals surface area contributed by atoms with E-state index < -0.39 is 5.91 Å². The molecule has 3 heterocycles. The van der Waals surface area contributed by atoms with Crippen molar-refractivity contribution in [3.8, 4) is 5.75 Å². The number of thioether (sulfide) groups is 1. The molecule has 2 aromatic carbocycles. The van der Waals surface area contributed by atoms with E-state index in [1.165, 1.54) is 10.6 Å². The minimum Gasteiger partial charge on any atom is -0.487 e. The van der Waals surface area contributed by atoms with E-state index in [1.54, 1.807) is 24.3 Å². The molecule has 2 aromatic rings. The minimum absolute atomic E-state index is 0.0133. The van der Waals surface area contributed by atoms with Gasteiger partial charge in [-0.1, -0.05) is 47.5 Å². The van der Waals surface area contributed by atoms with Crippen LogP contribution in [0.1, 0.15) is 42.4 Å². The minimum atomic E-state index is -0.529. The number of halogens is 1. The number of hydrogen-bond donors (Lipinski definition) is 1. The number of hydrazone groups is 1. The summed E-state index contributed by atoms with van der Waals surface area (Å²) >= 11 is 7.60. The molecule has 190 valence electrons. The van der Waals surface area contributed by atoms with Gasteiger partial charge in [-0.25, -0.2) is 0 Å². The van der Waals surface area contributed by atoms with Gasteiger partial charge in [0, 0.05) is 13.1 Å². The molecule has 10 heteroatoms. The molecule has 0 bridgehead atoms. The van der Waals surface area contributed by atoms with Crippen LogP contribution in [-0.4, -0.2) is 50.9 Å². The molecule has 1 N–H and O–H groups in total. The van der Waals surface area contributed by atoms with E-state index in [0.29, 0.717) is 33.2 Å². The molecule has 0 atom stereocenters. The Kier molecular flexibility index (Phi) is 7.43. The van der Waals surface area contributed by atoms with Crippen LogP contribution < -0.4 is 4.74 Å². The molecule has 5 rings (SSSR count). The predicted octanol–water partition coefficient (Wildman–Crippen LogP) is 5.25. The fourth-order valence-corrected chi connectivity index (χ4v) is 5.34. The number of amidine groups is 2. The molecule has 0 aliphatic carbocycles. The average molecular weight is 536 g/mol. The zero-order chi connectivity index (χ0) is 25.9. The highest BCUT2D eigenvalue weighted by Crippen LogP contribution is 2.31. The summed E-state index contributed by atoms with van der Waals surface area (Å²) < 4.78 is 5.85. The molecule has 1 fully saturated rings. The number of carbonyl (C=O) groups is 2. The van der Waals surface area contributed by atoms with Crippen LogP contribution in [0.15, 0.2) is 58.1 Å². The Bertz CT molecular complexity index is 1350. The third kappa shape index (κ3) is 5.78. The molecule has 0 radical (unpaired) electrons. The van der Waals surface area contributed by atoms with Gasteiger partial charge >= 0.3 is 0 Å². The number of aliphatic imine (C=N–C) groups is 1. The summed E-state index contributed by atoms with van der Waals surface area (Å²) in [4.78, 5) is 31.3. The highest BCUT2D eigenvalue weighted by atomic mass is 35.5. The maximum Gasteiger partial charge on any atom is 0.283 e. The van der Waals surface area contributed by atoms with Crippen molar-refractivity contribution in [3.05, 3.63) is 69.8 Å². The number of ether oxygens (including phenoxy) is 1. The number of rotatable bonds is 6. The van der Waals surface area contributed by atoms with Gasteiger partial charge < -0.3 is 9.64 Å². The molecule has 1 saturated heterocycles. The number of carbonyl (C=O) groups excluding carboxylic acids is 2. The Morgan fingerprint density at radius 2 is 1.92 bits per heavy atom. The first-order valence-corrected chi connectivity index (χ1v) is 13.3. The first-order chi connectivity index (χ1) is 17.9. The predicted molar refractivity (Wildman–Crippen MR) is 147 cm³/mol. The summed E-state index contributed by atoms with van der Waals surface area (Å²) in [6.45, 7) is 3.94. The van der Waals surface area contributed by atoms with E-state index in [0.717, 1.165) is 49.7 Å². The van der Waals surface area contributed by atoms with Gasteiger partial charge in [0.15, 0.2) is 5.84 Å². The fraction of sp³-hybridized carbons (Fsp3) is 0.296. The molecule has 2 amide bonds. The molecule has 0 spiro atoms. The Labute approximate surface area is 224 Å². The maximum absolute atomic E-state index is 12.7. The van der Waals surface area contributed by atoms with E-state index in [9.17, 15) is 9.59 Å². The molecule has 8 nitrogen and oxygen atoms in total. The smallest absolute Gasteiger partial charge is 0.283 e. The van der Waals surface area contributed by atoms with Crippen LogP contribution >= 0.6 is 23.4 Å². The summed E-state index contributed by atoms with van der Waals surface area (Å²) in [5.41, 5.74) is 2.94. The number of piperidine rings is 1. The molecule has 3 aliphatic rings. The van der Waals surface area contributed by atoms with Gasteiger partial charge in [-0.05, 0) is 67.3 Å². The fourth-order valence-electron chi connectivity index (χ4n) is 4.22. The van der Waals surface area contributed by atoms with Crippen LogP contribution in [0.2, 0.25) is 5.02 Å². The van der Waals surface area contributed by atoms with Crippen molar-refractivity contribution in [1.29, 1.82) is 5.41 Å². The van der Waals surface area contributed by atoms with Gasteiger partial charge in [-0.2, -0.15) is 15.1 Å². The maximum atomic E-state index is 12.7. The lowest BCUT2D eigenvalue weighted by Gasteiger charge is -2.26. The van der Waals surface area contributed by atoms with Gasteiger partial charge in [0.2, 0.25) is 11.1 Å². The number of fused-ring (bicyclic) bond motifs is 1. The molecule has 37 heavy (non-hydrogen) atoms. The van der Waals surface area contributed by atoms with Gasteiger partial charge in [0.05, 0.1) is 17.0 Å². The molecule has 3 aliphatic heterocycles. The average Bonchev–Trinajstić information content (AvgIpc) is 3.29. The van der Waals surface area contributed by atoms with Crippen molar-refractivity contribution in [2.24, 2.45) is 10.1 Å². The monoisotopic (exact) mass is 535 g/mol. The Morgan fingerprint density at radius 1 is 1.16 bits per heavy atom. The first-order valence-electron chi connectivity index (χ1n) is 12.1. The molecule has 0 unspecified atom stereocenters. The van der Waals surface area contributed by atoms with E-state index in [1.807, 2.05) is 36.1 Å². The third-order valence-corrected chi connectivity index (χ3v) is 7.49. The standard InChI is InChI=1S/C27H26ClN5O3S/c1-17-5-7-18(8-6-17)16-36-22-10-9-19(14-21(22)28)13-20-25(29)33-27(30-26(20)35)37-23(31-33)15-24(34)32-11-3-2-4-12-32/h5-10,13-14,29H,2-4,11-12,15-16H2,1H3. The van der Waals surface area contributed by atoms with Crippen molar-refractivity contribution < 1.29 is 14.3 Å². The van der Waals surface area contributed by atoms with Crippen molar-refractivity contribution in [1.82, 2.24) is 9.91 Å². The molecular formula is C27H26ClN5O3S. The Hall–Kier alpha value is -3.43. The number of aryl methyl sites for hydroxylation is 1. The first kappa shape index (κ1) is 25.2. The number of nitrogens with one attached hydrogen (secondary N) is 1. The Morgan fingerprint density at radius 3 is 2.65 bits per heavy atom. The van der Waals surface area contributed by atoms with E-state index >= 15 is 0 Å². The van der Waals surface area contributed by atoms with Gasteiger partial charge in [-0.3, -0.25) is 15.0 Å². The van der Waals surface area contributed by atoms with Crippen LogP contribution in [-0.2, 0) is 16.2 Å². The summed E-state index contributed by atoms with van der Waals surface area (Å²) in [5, 5.41) is 15.5. The Balaban J connectivity index is 1.27. The summed E-state index contributed by atoms with van der Waals surface area (Å²) in [6.07, 6.45) is 4.88. The second-order valence-corrected chi connectivity index (χ2v) is 10.5. The molecule has 0 saturated carbocycles. The van der Waals surface area contributed by atoms with Gasteiger partial charge in [0.25, 0.3) is 5.91 Å². The highest BCUT2D eigenvalue weighted by Gasteiger charge is 2.36. The van der Waals surface area contributed by atoms with Crippen LogP contribution in [0, 0.1) is 12.3 Å². The van der Waals surface area contributed by atoms with Crippen LogP contribution in [0.4, 0.5) is 0 Å². The highest BCUT2D eigenvalue weighted by molar-refractivity contribution is 8.27. The van der Waals surface area contributed by atoms with Gasteiger partial charge in [-0.15, -0.1) is 0 Å². The molecular weight excluding hydrogens is 510 g/mol. The van der Waals surface area contributed by atoms with E-state index in [4.69, 9.17) is 21.7 Å². The van der Waals surface area contributed by atoms with E-state index in [2.05, 4.69) is 10.1 Å². The number of hydrogen-bond acceptors (Lipinski definition) is 6. The topological polar surface area (TPSA) is 98.4 Å². The largest absolute Gasteiger partial charge is 0.487 e. The lowest BCUT2D eigenvalue weighted by molar-refractivity contribution is -0.130. The zero-order valence-corrected chi connectivity index (χ0v) is 21.9. The van der Waals surface area contributed by atoms with Crippen molar-refractivity contribution in [3.63, 3.8) is 0 Å².